The van der Waals surface area contributed by atoms with Gasteiger partial charge in [0.15, 0.2) is 0 Å². The standard InChI is InChI=1S/C22H18O6/c1-3-13-8-17-15-6-4-5-7-16(15)22(25)28-19(17)10-18(13)26-11-14-9-20(21(23)24)27-12(14)2/h4-10H,3,11H2,1-2H3,(H,23,24). The number of carboxylic acid groups (broad SMARTS) is 1. The van der Waals surface area contributed by atoms with E-state index in [-0.39, 0.29) is 12.4 Å². The highest BCUT2D eigenvalue weighted by molar-refractivity contribution is 6.04. The fourth-order valence-electron chi connectivity index (χ4n) is 3.29. The van der Waals surface area contributed by atoms with Crippen LogP contribution in [0, 0.1) is 6.92 Å². The average Bonchev–Trinajstić information content (AvgIpc) is 3.07. The molecule has 0 aliphatic heterocycles. The van der Waals surface area contributed by atoms with Crippen LogP contribution in [-0.2, 0) is 13.0 Å². The van der Waals surface area contributed by atoms with E-state index in [2.05, 4.69) is 0 Å². The van der Waals surface area contributed by atoms with Crippen LogP contribution in [0.2, 0.25) is 0 Å². The summed E-state index contributed by atoms with van der Waals surface area (Å²) in [6.07, 6.45) is 0.726. The summed E-state index contributed by atoms with van der Waals surface area (Å²) in [5.41, 5.74) is 1.67. The Morgan fingerprint density at radius 2 is 1.79 bits per heavy atom. The molecule has 0 fully saturated rings. The Balaban J connectivity index is 1.76. The molecule has 0 aliphatic rings. The van der Waals surface area contributed by atoms with Crippen molar-refractivity contribution in [2.45, 2.75) is 26.9 Å². The molecular weight excluding hydrogens is 360 g/mol. The number of ether oxygens (including phenoxy) is 1. The summed E-state index contributed by atoms with van der Waals surface area (Å²) < 4.78 is 16.6. The Bertz CT molecular complexity index is 1260. The molecule has 4 rings (SSSR count). The maximum absolute atomic E-state index is 12.3. The summed E-state index contributed by atoms with van der Waals surface area (Å²) in [7, 11) is 0. The largest absolute Gasteiger partial charge is 0.488 e. The first-order chi connectivity index (χ1) is 13.5. The molecule has 0 atom stereocenters. The number of fused-ring (bicyclic) bond motifs is 3. The number of aromatic carboxylic acids is 1. The molecule has 2 aromatic heterocycles. The highest BCUT2D eigenvalue weighted by atomic mass is 16.5. The molecule has 0 unspecified atom stereocenters. The van der Waals surface area contributed by atoms with Crippen LogP contribution in [0.5, 0.6) is 5.75 Å². The zero-order valence-electron chi connectivity index (χ0n) is 15.4. The zero-order chi connectivity index (χ0) is 19.8. The summed E-state index contributed by atoms with van der Waals surface area (Å²) in [6.45, 7) is 3.86. The summed E-state index contributed by atoms with van der Waals surface area (Å²) >= 11 is 0. The Labute approximate surface area is 160 Å². The van der Waals surface area contributed by atoms with Gasteiger partial charge >= 0.3 is 11.6 Å². The van der Waals surface area contributed by atoms with Gasteiger partial charge in [-0.05, 0) is 42.5 Å². The van der Waals surface area contributed by atoms with E-state index in [1.165, 1.54) is 6.07 Å². The second-order valence-electron chi connectivity index (χ2n) is 6.53. The van der Waals surface area contributed by atoms with Gasteiger partial charge in [-0.25, -0.2) is 9.59 Å². The van der Waals surface area contributed by atoms with Gasteiger partial charge in [-0.3, -0.25) is 0 Å². The normalized spacial score (nSPS) is 11.2. The van der Waals surface area contributed by atoms with Gasteiger partial charge in [0.2, 0.25) is 5.76 Å². The number of benzene rings is 2. The van der Waals surface area contributed by atoms with Gasteiger partial charge in [0.05, 0.1) is 5.39 Å². The molecule has 0 bridgehead atoms. The van der Waals surface area contributed by atoms with Crippen LogP contribution in [-0.4, -0.2) is 11.1 Å². The van der Waals surface area contributed by atoms with Crippen molar-refractivity contribution in [3.63, 3.8) is 0 Å². The van der Waals surface area contributed by atoms with Crippen LogP contribution in [0.4, 0.5) is 0 Å². The number of carboxylic acids is 1. The number of furan rings is 1. The minimum Gasteiger partial charge on any atom is -0.488 e. The lowest BCUT2D eigenvalue weighted by atomic mass is 10.0. The first kappa shape index (κ1) is 17.9. The van der Waals surface area contributed by atoms with Gasteiger partial charge in [-0.15, -0.1) is 0 Å². The third-order valence-corrected chi connectivity index (χ3v) is 4.80. The highest BCUT2D eigenvalue weighted by Gasteiger charge is 2.15. The van der Waals surface area contributed by atoms with E-state index in [0.717, 1.165) is 22.8 Å². The Morgan fingerprint density at radius 1 is 1.04 bits per heavy atom. The van der Waals surface area contributed by atoms with E-state index in [0.29, 0.717) is 28.0 Å². The SMILES string of the molecule is CCc1cc2c(cc1OCc1cc(C(=O)O)oc1C)oc(=O)c1ccccc12. The monoisotopic (exact) mass is 378 g/mol. The lowest BCUT2D eigenvalue weighted by Crippen LogP contribution is -2.02. The van der Waals surface area contributed by atoms with Crippen LogP contribution in [0.25, 0.3) is 21.7 Å². The fraction of sp³-hybridized carbons (Fsp3) is 0.182. The first-order valence-electron chi connectivity index (χ1n) is 8.91. The Kier molecular flexibility index (Phi) is 4.39. The van der Waals surface area contributed by atoms with E-state index in [1.54, 1.807) is 19.1 Å². The number of hydrogen-bond donors (Lipinski definition) is 1. The molecule has 6 heteroatoms. The zero-order valence-corrected chi connectivity index (χ0v) is 15.4. The molecule has 2 heterocycles. The van der Waals surface area contributed by atoms with Crippen molar-refractivity contribution < 1.29 is 23.5 Å². The minimum absolute atomic E-state index is 0.122. The Morgan fingerprint density at radius 3 is 2.46 bits per heavy atom. The number of aryl methyl sites for hydroxylation is 2. The summed E-state index contributed by atoms with van der Waals surface area (Å²) in [4.78, 5) is 23.3. The van der Waals surface area contributed by atoms with E-state index >= 15 is 0 Å². The van der Waals surface area contributed by atoms with Gasteiger partial charge in [0.1, 0.15) is 23.7 Å². The van der Waals surface area contributed by atoms with Crippen LogP contribution in [0.3, 0.4) is 0 Å². The highest BCUT2D eigenvalue weighted by Crippen LogP contribution is 2.31. The van der Waals surface area contributed by atoms with E-state index < -0.39 is 11.6 Å². The maximum atomic E-state index is 12.3. The number of rotatable bonds is 5. The third kappa shape index (κ3) is 3.03. The predicted molar refractivity (Wildman–Crippen MR) is 104 cm³/mol. The fourth-order valence-corrected chi connectivity index (χ4v) is 3.29. The Hall–Kier alpha value is -3.54. The minimum atomic E-state index is -1.12. The molecular formula is C22H18O6. The molecule has 2 aromatic carbocycles. The van der Waals surface area contributed by atoms with E-state index in [4.69, 9.17) is 18.7 Å². The number of carbonyl (C=O) groups is 1. The summed E-state index contributed by atoms with van der Waals surface area (Å²) in [6, 6.07) is 12.5. The van der Waals surface area contributed by atoms with Crippen molar-refractivity contribution in [3.05, 3.63) is 75.5 Å². The summed E-state index contributed by atoms with van der Waals surface area (Å²) in [5.74, 6) is -0.162. The molecule has 4 aromatic rings. The van der Waals surface area contributed by atoms with Crippen molar-refractivity contribution in [1.82, 2.24) is 0 Å². The predicted octanol–water partition coefficient (Wildman–Crippen LogP) is 4.69. The molecule has 6 nitrogen and oxygen atoms in total. The second kappa shape index (κ2) is 6.88. The van der Waals surface area contributed by atoms with Crippen molar-refractivity contribution in [2.75, 3.05) is 0 Å². The van der Waals surface area contributed by atoms with Crippen molar-refractivity contribution in [2.24, 2.45) is 0 Å². The van der Waals surface area contributed by atoms with Gasteiger partial charge in [-0.2, -0.15) is 0 Å². The molecule has 0 saturated heterocycles. The topological polar surface area (TPSA) is 89.9 Å². The quantitative estimate of drug-likeness (QED) is 0.400. The molecule has 0 amide bonds. The van der Waals surface area contributed by atoms with Crippen LogP contribution < -0.4 is 10.4 Å². The van der Waals surface area contributed by atoms with E-state index in [9.17, 15) is 9.59 Å². The molecule has 0 saturated carbocycles. The third-order valence-electron chi connectivity index (χ3n) is 4.80. The van der Waals surface area contributed by atoms with Crippen LogP contribution >= 0.6 is 0 Å². The first-order valence-corrected chi connectivity index (χ1v) is 8.91. The van der Waals surface area contributed by atoms with E-state index in [1.807, 2.05) is 31.2 Å². The van der Waals surface area contributed by atoms with Crippen LogP contribution in [0.1, 0.15) is 34.4 Å². The lowest BCUT2D eigenvalue weighted by Gasteiger charge is -2.12. The molecule has 0 spiro atoms. The van der Waals surface area contributed by atoms with Crippen molar-refractivity contribution in [1.29, 1.82) is 0 Å². The molecule has 0 radical (unpaired) electrons. The van der Waals surface area contributed by atoms with Gasteiger partial charge < -0.3 is 18.7 Å². The average molecular weight is 378 g/mol. The maximum Gasteiger partial charge on any atom is 0.371 e. The molecule has 142 valence electrons. The second-order valence-corrected chi connectivity index (χ2v) is 6.53. The number of hydrogen-bond acceptors (Lipinski definition) is 5. The molecule has 0 aliphatic carbocycles. The van der Waals surface area contributed by atoms with Gasteiger partial charge in [0.25, 0.3) is 0 Å². The molecule has 1 N–H and O–H groups in total. The van der Waals surface area contributed by atoms with Gasteiger partial charge in [0, 0.05) is 17.0 Å². The smallest absolute Gasteiger partial charge is 0.371 e. The lowest BCUT2D eigenvalue weighted by molar-refractivity contribution is 0.0661. The van der Waals surface area contributed by atoms with Crippen molar-refractivity contribution >= 4 is 27.7 Å². The summed E-state index contributed by atoms with van der Waals surface area (Å²) in [5, 5.41) is 11.3. The molecule has 28 heavy (non-hydrogen) atoms. The van der Waals surface area contributed by atoms with Crippen LogP contribution in [0.15, 0.2) is 56.1 Å². The van der Waals surface area contributed by atoms with Crippen molar-refractivity contribution in [3.8, 4) is 5.75 Å². The van der Waals surface area contributed by atoms with Gasteiger partial charge in [-0.1, -0.05) is 25.1 Å².